The largest absolute Gasteiger partial charge is 0.466 e. The molecule has 0 atom stereocenters. The molecule has 4 aromatic rings. The van der Waals surface area contributed by atoms with Gasteiger partial charge < -0.3 is 30.2 Å². The molecule has 55 heavy (non-hydrogen) atoms. The number of benzene rings is 2. The predicted molar refractivity (Wildman–Crippen MR) is 213 cm³/mol. The fourth-order valence-electron chi connectivity index (χ4n) is 8.24. The summed E-state index contributed by atoms with van der Waals surface area (Å²) in [4.78, 5) is 64.9. The van der Waals surface area contributed by atoms with Crippen molar-refractivity contribution in [3.63, 3.8) is 0 Å². The number of aromatic nitrogens is 3. The van der Waals surface area contributed by atoms with Crippen LogP contribution in [0.5, 0.6) is 0 Å². The Morgan fingerprint density at radius 1 is 0.945 bits per heavy atom. The minimum Gasteiger partial charge on any atom is -0.466 e. The first-order chi connectivity index (χ1) is 26.7. The summed E-state index contributed by atoms with van der Waals surface area (Å²) >= 11 is 0. The fourth-order valence-corrected chi connectivity index (χ4v) is 8.24. The minimum atomic E-state index is -1.08. The second-order valence-corrected chi connectivity index (χ2v) is 15.1. The molecule has 2 aromatic carbocycles. The molecule has 2 aliphatic carbocycles. The normalized spacial score (nSPS) is 16.6. The van der Waals surface area contributed by atoms with Gasteiger partial charge in [0.25, 0.3) is 5.91 Å². The zero-order valence-corrected chi connectivity index (χ0v) is 31.8. The number of hydrogen-bond donors (Lipinski definition) is 3. The number of esters is 1. The number of nitrogens with zero attached hydrogens (tertiary/aromatic N) is 4. The molecule has 2 fully saturated rings. The van der Waals surface area contributed by atoms with Gasteiger partial charge in [0.05, 0.1) is 25.0 Å². The van der Waals surface area contributed by atoms with Gasteiger partial charge in [0, 0.05) is 59.3 Å². The van der Waals surface area contributed by atoms with Crippen molar-refractivity contribution in [2.24, 2.45) is 0 Å². The highest BCUT2D eigenvalue weighted by Crippen LogP contribution is 2.46. The SMILES string of the molecule is COC(=O)C=Cc1ccc(NC(=O)C2(NC(=O)c3ccc4c(C5CCCCC5)c5n(c4c3)CC(C(=O)NCCN(C)C)=Cc3nccnc3-5)CCCC2)cc1. The summed E-state index contributed by atoms with van der Waals surface area (Å²) in [5, 5.41) is 10.3. The molecule has 0 bridgehead atoms. The van der Waals surface area contributed by atoms with Gasteiger partial charge in [-0.2, -0.15) is 0 Å². The van der Waals surface area contributed by atoms with Gasteiger partial charge in [0.15, 0.2) is 0 Å². The Morgan fingerprint density at radius 3 is 2.42 bits per heavy atom. The molecule has 3 N–H and O–H groups in total. The van der Waals surface area contributed by atoms with Crippen molar-refractivity contribution in [3.8, 4) is 11.4 Å². The van der Waals surface area contributed by atoms with Crippen molar-refractivity contribution in [2.75, 3.05) is 39.6 Å². The number of amides is 3. The zero-order valence-electron chi connectivity index (χ0n) is 31.8. The number of hydrogen-bond acceptors (Lipinski definition) is 8. The summed E-state index contributed by atoms with van der Waals surface area (Å²) in [6.07, 6.45) is 16.4. The zero-order chi connectivity index (χ0) is 38.5. The van der Waals surface area contributed by atoms with Crippen molar-refractivity contribution in [1.29, 1.82) is 0 Å². The number of carbonyl (C=O) groups is 4. The maximum atomic E-state index is 14.2. The lowest BCUT2D eigenvalue weighted by Gasteiger charge is -2.29. The first-order valence-corrected chi connectivity index (χ1v) is 19.3. The average Bonchev–Trinajstić information content (AvgIpc) is 3.75. The number of methoxy groups -OCH3 is 1. The van der Waals surface area contributed by atoms with E-state index in [1.54, 1.807) is 42.7 Å². The van der Waals surface area contributed by atoms with Gasteiger partial charge in [-0.25, -0.2) is 4.79 Å². The van der Waals surface area contributed by atoms with E-state index < -0.39 is 11.5 Å². The lowest BCUT2D eigenvalue weighted by Crippen LogP contribution is -2.55. The van der Waals surface area contributed by atoms with Crippen molar-refractivity contribution in [2.45, 2.75) is 75.8 Å². The summed E-state index contributed by atoms with van der Waals surface area (Å²) in [6, 6.07) is 12.9. The Labute approximate surface area is 321 Å². The predicted octanol–water partition coefficient (Wildman–Crippen LogP) is 6.09. The van der Waals surface area contributed by atoms with Gasteiger partial charge in [-0.3, -0.25) is 24.4 Å². The van der Waals surface area contributed by atoms with Gasteiger partial charge >= 0.3 is 5.97 Å². The molecule has 0 unspecified atom stereocenters. The smallest absolute Gasteiger partial charge is 0.330 e. The Bertz CT molecular complexity index is 2160. The van der Waals surface area contributed by atoms with Crippen LogP contribution in [0.15, 0.2) is 66.5 Å². The summed E-state index contributed by atoms with van der Waals surface area (Å²) in [5.41, 5.74) is 5.68. The summed E-state index contributed by atoms with van der Waals surface area (Å²) in [6.45, 7) is 1.50. The van der Waals surface area contributed by atoms with E-state index in [1.165, 1.54) is 25.2 Å². The quantitative estimate of drug-likeness (QED) is 0.124. The maximum Gasteiger partial charge on any atom is 0.330 e. The third-order valence-electron chi connectivity index (χ3n) is 11.1. The van der Waals surface area contributed by atoms with Gasteiger partial charge in [-0.1, -0.05) is 50.3 Å². The monoisotopic (exact) mass is 743 g/mol. The van der Waals surface area contributed by atoms with Gasteiger partial charge in [0.1, 0.15) is 11.2 Å². The van der Waals surface area contributed by atoms with Crippen molar-refractivity contribution in [1.82, 2.24) is 30.1 Å². The number of ether oxygens (including phenoxy) is 1. The van der Waals surface area contributed by atoms with Gasteiger partial charge in [-0.15, -0.1) is 0 Å². The maximum absolute atomic E-state index is 14.2. The van der Waals surface area contributed by atoms with E-state index in [4.69, 9.17) is 9.97 Å². The van der Waals surface area contributed by atoms with Crippen LogP contribution >= 0.6 is 0 Å². The number of nitrogens with one attached hydrogen (secondary N) is 3. The highest BCUT2D eigenvalue weighted by Gasteiger charge is 2.43. The van der Waals surface area contributed by atoms with E-state index in [0.29, 0.717) is 60.9 Å². The van der Waals surface area contributed by atoms with E-state index >= 15 is 0 Å². The number of rotatable bonds is 11. The highest BCUT2D eigenvalue weighted by atomic mass is 16.5. The summed E-state index contributed by atoms with van der Waals surface area (Å²) in [7, 11) is 5.26. The van der Waals surface area contributed by atoms with E-state index in [9.17, 15) is 19.2 Å². The van der Waals surface area contributed by atoms with E-state index in [0.717, 1.165) is 66.4 Å². The third kappa shape index (κ3) is 8.10. The third-order valence-corrected chi connectivity index (χ3v) is 11.1. The lowest BCUT2D eigenvalue weighted by atomic mass is 9.82. The topological polar surface area (TPSA) is 148 Å². The molecular weight excluding hydrogens is 695 g/mol. The molecule has 286 valence electrons. The molecule has 12 heteroatoms. The van der Waals surface area contributed by atoms with Crippen LogP contribution in [0, 0.1) is 0 Å². The number of carbonyl (C=O) groups excluding carboxylic acids is 4. The Morgan fingerprint density at radius 2 is 1.69 bits per heavy atom. The minimum absolute atomic E-state index is 0.164. The summed E-state index contributed by atoms with van der Waals surface area (Å²) < 4.78 is 6.81. The number of likely N-dealkylation sites (N-methyl/N-ethyl adjacent to an activating group) is 1. The van der Waals surface area contributed by atoms with E-state index in [-0.39, 0.29) is 17.7 Å². The molecule has 7 rings (SSSR count). The first-order valence-electron chi connectivity index (χ1n) is 19.3. The number of anilines is 1. The summed E-state index contributed by atoms with van der Waals surface area (Å²) in [5.74, 6) is -0.905. The van der Waals surface area contributed by atoms with Crippen LogP contribution in [0.2, 0.25) is 0 Å². The van der Waals surface area contributed by atoms with Crippen molar-refractivity contribution < 1.29 is 23.9 Å². The average molecular weight is 744 g/mol. The molecule has 2 aromatic heterocycles. The molecule has 12 nitrogen and oxygen atoms in total. The molecule has 0 spiro atoms. The lowest BCUT2D eigenvalue weighted by molar-refractivity contribution is -0.134. The van der Waals surface area contributed by atoms with Crippen LogP contribution < -0.4 is 16.0 Å². The molecule has 3 heterocycles. The highest BCUT2D eigenvalue weighted by molar-refractivity contribution is 6.06. The van der Waals surface area contributed by atoms with Crippen LogP contribution in [-0.2, 0) is 25.7 Å². The van der Waals surface area contributed by atoms with Crippen LogP contribution in [0.25, 0.3) is 34.4 Å². The Hall–Kier alpha value is -5.62. The Kier molecular flexibility index (Phi) is 11.2. The second-order valence-electron chi connectivity index (χ2n) is 15.1. The molecule has 1 aliphatic heterocycles. The fraction of sp³-hybridized carbons (Fsp3) is 0.395. The molecule has 0 saturated heterocycles. The number of fused-ring (bicyclic) bond motifs is 5. The first kappa shape index (κ1) is 37.7. The molecule has 3 aliphatic rings. The molecule has 3 amide bonds. The van der Waals surface area contributed by atoms with Gasteiger partial charge in [-0.05, 0) is 93.2 Å². The Balaban J connectivity index is 1.22. The van der Waals surface area contributed by atoms with Gasteiger partial charge in [0.2, 0.25) is 11.8 Å². The van der Waals surface area contributed by atoms with E-state index in [1.807, 2.05) is 43.3 Å². The van der Waals surface area contributed by atoms with E-state index in [2.05, 4.69) is 25.3 Å². The second kappa shape index (κ2) is 16.4. The molecular formula is C43H49N7O5. The van der Waals surface area contributed by atoms with Crippen LogP contribution in [-0.4, -0.2) is 83.0 Å². The molecule has 2 saturated carbocycles. The van der Waals surface area contributed by atoms with Crippen LogP contribution in [0.4, 0.5) is 5.69 Å². The van der Waals surface area contributed by atoms with Crippen LogP contribution in [0.1, 0.15) is 90.9 Å². The molecule has 0 radical (unpaired) electrons. The van der Waals surface area contributed by atoms with Crippen molar-refractivity contribution in [3.05, 3.63) is 88.9 Å². The standard InChI is InChI=1S/C43H49N7O5/c1-49(2)24-23-46-40(52)31-25-34-38(45-22-21-44-34)39-37(29-9-5-4-6-10-29)33-17-14-30(26-35(33)50(39)27-31)41(53)48-43(19-7-8-20-43)42(54)47-32-15-11-28(12-16-32)13-18-36(51)55-3/h11-18,21-22,25-26,29H,4-10,19-20,23-24,27H2,1-3H3,(H,46,52)(H,47,54)(H,48,53). The van der Waals surface area contributed by atoms with Crippen LogP contribution in [0.3, 0.4) is 0 Å². The van der Waals surface area contributed by atoms with Crippen molar-refractivity contribution >= 4 is 52.4 Å².